The lowest BCUT2D eigenvalue weighted by Gasteiger charge is -2.23. The molecule has 2 aliphatic rings. The van der Waals surface area contributed by atoms with Crippen molar-refractivity contribution in [3.05, 3.63) is 132 Å². The summed E-state index contributed by atoms with van der Waals surface area (Å²) in [5.41, 5.74) is 2.35. The number of aromatic amines is 2. The van der Waals surface area contributed by atoms with E-state index in [9.17, 15) is 0 Å². The first-order valence-electron chi connectivity index (χ1n) is 22.1. The molecular formula is C52H30Cl12N8O2. The van der Waals surface area contributed by atoms with Gasteiger partial charge in [0.1, 0.15) is 44.1 Å². The number of benzene rings is 6. The third-order valence-electron chi connectivity index (χ3n) is 12.3. The molecule has 2 aliphatic heterocycles. The van der Waals surface area contributed by atoms with E-state index in [-0.39, 0.29) is 162 Å². The van der Waals surface area contributed by atoms with Crippen LogP contribution in [0.25, 0.3) is 89.7 Å². The Labute approximate surface area is 481 Å². The van der Waals surface area contributed by atoms with Crippen molar-refractivity contribution < 1.29 is 9.47 Å². The first kappa shape index (κ1) is 51.8. The van der Waals surface area contributed by atoms with Gasteiger partial charge in [-0.15, -0.1) is 0 Å². The van der Waals surface area contributed by atoms with Crippen LogP contribution in [0.1, 0.15) is 52.7 Å². The van der Waals surface area contributed by atoms with Crippen LogP contribution in [0.2, 0.25) is 60.3 Å². The maximum atomic E-state index is 7.52. The zero-order valence-corrected chi connectivity index (χ0v) is 47.9. The fraction of sp³-hybridized carbons (Fsp3) is 0.154. The molecule has 6 aromatic carbocycles. The lowest BCUT2D eigenvalue weighted by atomic mass is 9.86. The average Bonchev–Trinajstić information content (AvgIpc) is 4.09. The lowest BCUT2D eigenvalue weighted by molar-refractivity contribution is 0.455. The Morgan fingerprint density at radius 1 is 0.365 bits per heavy atom. The predicted molar refractivity (Wildman–Crippen MR) is 307 cm³/mol. The van der Waals surface area contributed by atoms with E-state index in [4.69, 9.17) is 179 Å². The highest BCUT2D eigenvalue weighted by Gasteiger charge is 2.35. The number of aromatic nitrogens is 8. The van der Waals surface area contributed by atoms with Crippen molar-refractivity contribution >= 4 is 183 Å². The first-order chi connectivity index (χ1) is 34.9. The smallest absolute Gasteiger partial charge is 0.166 e. The molecule has 11 rings (SSSR count). The molecule has 0 unspecified atom stereocenters. The van der Waals surface area contributed by atoms with Gasteiger partial charge in [-0.2, -0.15) is 0 Å². The quantitative estimate of drug-likeness (QED) is 0.132. The van der Waals surface area contributed by atoms with E-state index in [1.807, 2.05) is 48.5 Å². The van der Waals surface area contributed by atoms with Gasteiger partial charge in [0.25, 0.3) is 0 Å². The second-order valence-corrected chi connectivity index (χ2v) is 23.8. The minimum atomic E-state index is -0.357. The summed E-state index contributed by atoms with van der Waals surface area (Å²) in [6.07, 6.45) is 0. The zero-order chi connectivity index (χ0) is 52.8. The van der Waals surface area contributed by atoms with Gasteiger partial charge in [0, 0.05) is 21.9 Å². The number of hydrogen-bond donors (Lipinski definition) is 2. The summed E-state index contributed by atoms with van der Waals surface area (Å²) in [6, 6.07) is 18.3. The molecule has 0 atom stereocenters. The normalized spacial score (nSPS) is 12.5. The molecule has 3 aromatic heterocycles. The molecule has 74 heavy (non-hydrogen) atoms. The number of nitrogens with zero attached hydrogens (tertiary/aromatic N) is 6. The molecule has 0 spiro atoms. The number of fused-ring (bicyclic) bond motifs is 20. The second-order valence-electron chi connectivity index (χ2n) is 19.2. The molecule has 0 amide bonds. The average molecular weight is 1220 g/mol. The summed E-state index contributed by atoms with van der Waals surface area (Å²) >= 11 is 85.0. The molecule has 5 heterocycles. The lowest BCUT2D eigenvalue weighted by Crippen LogP contribution is -2.12. The SMILES string of the molecule is CC(C)(C)c1ccccc1Oc1c(Cl)c(Cl)c2c(c1Cl)-c1nc-2nc2[nH]c(nc3nc(nc4[nH]c(n1)c1c(Cl)c(Oc5ccccc5C(C)(C)C)c(Cl)c(Cl)c41)-c1c(Cl)c(Cl)c(Cl)c(Cl)c1-3)c1cc(Cl)c(Cl)cc21. The van der Waals surface area contributed by atoms with Crippen molar-refractivity contribution in [2.45, 2.75) is 52.4 Å². The van der Waals surface area contributed by atoms with Crippen LogP contribution in [0.4, 0.5) is 0 Å². The molecule has 10 nitrogen and oxygen atoms in total. The van der Waals surface area contributed by atoms with Crippen LogP contribution in [0, 0.1) is 0 Å². The van der Waals surface area contributed by atoms with Crippen molar-refractivity contribution in [2.24, 2.45) is 0 Å². The van der Waals surface area contributed by atoms with Gasteiger partial charge >= 0.3 is 0 Å². The Kier molecular flexibility index (Phi) is 13.1. The van der Waals surface area contributed by atoms with E-state index in [2.05, 4.69) is 51.5 Å². The summed E-state index contributed by atoms with van der Waals surface area (Å²) in [4.78, 5) is 36.7. The molecule has 2 N–H and O–H groups in total. The van der Waals surface area contributed by atoms with Crippen molar-refractivity contribution in [2.75, 3.05) is 0 Å². The third-order valence-corrected chi connectivity index (χ3v) is 17.3. The van der Waals surface area contributed by atoms with Crippen LogP contribution in [0.5, 0.6) is 23.0 Å². The number of nitrogens with one attached hydrogen (secondary N) is 2. The van der Waals surface area contributed by atoms with Crippen molar-refractivity contribution in [3.63, 3.8) is 0 Å². The van der Waals surface area contributed by atoms with Gasteiger partial charge in [-0.25, -0.2) is 29.9 Å². The number of halogens is 12. The molecule has 8 bridgehead atoms. The molecule has 0 aliphatic carbocycles. The van der Waals surface area contributed by atoms with Crippen molar-refractivity contribution in [1.29, 1.82) is 0 Å². The highest BCUT2D eigenvalue weighted by atomic mass is 35.5. The Morgan fingerprint density at radius 2 is 0.703 bits per heavy atom. The van der Waals surface area contributed by atoms with Gasteiger partial charge in [0.15, 0.2) is 34.8 Å². The molecule has 22 heteroatoms. The summed E-state index contributed by atoms with van der Waals surface area (Å²) in [6.45, 7) is 12.3. The molecule has 0 radical (unpaired) electrons. The predicted octanol–water partition coefficient (Wildman–Crippen LogP) is 20.9. The van der Waals surface area contributed by atoms with Gasteiger partial charge in [-0.1, -0.05) is 217 Å². The van der Waals surface area contributed by atoms with Crippen LogP contribution in [0.3, 0.4) is 0 Å². The van der Waals surface area contributed by atoms with Crippen LogP contribution in [-0.4, -0.2) is 39.9 Å². The van der Waals surface area contributed by atoms with Gasteiger partial charge in [0.2, 0.25) is 0 Å². The molecule has 9 aromatic rings. The van der Waals surface area contributed by atoms with Crippen LogP contribution < -0.4 is 9.47 Å². The van der Waals surface area contributed by atoms with E-state index in [0.29, 0.717) is 22.3 Å². The van der Waals surface area contributed by atoms with Gasteiger partial charge in [-0.3, -0.25) is 0 Å². The maximum absolute atomic E-state index is 7.52. The number of para-hydroxylation sites is 2. The van der Waals surface area contributed by atoms with E-state index in [0.717, 1.165) is 11.1 Å². The minimum absolute atomic E-state index is 0.00285. The van der Waals surface area contributed by atoms with E-state index >= 15 is 0 Å². The zero-order valence-electron chi connectivity index (χ0n) is 38.8. The Hall–Kier alpha value is -4.24. The summed E-state index contributed by atoms with van der Waals surface area (Å²) < 4.78 is 13.3. The van der Waals surface area contributed by atoms with Gasteiger partial charge in [-0.05, 0) is 35.1 Å². The van der Waals surface area contributed by atoms with Crippen molar-refractivity contribution in [1.82, 2.24) is 39.9 Å². The first-order valence-corrected chi connectivity index (χ1v) is 26.6. The number of H-pyrrole nitrogens is 2. The topological polar surface area (TPSA) is 127 Å². The number of hydrogen-bond acceptors (Lipinski definition) is 8. The van der Waals surface area contributed by atoms with Crippen LogP contribution in [-0.2, 0) is 10.8 Å². The molecule has 0 saturated carbocycles. The Bertz CT molecular complexity index is 4170. The fourth-order valence-corrected chi connectivity index (χ4v) is 11.9. The Morgan fingerprint density at radius 3 is 1.14 bits per heavy atom. The van der Waals surface area contributed by atoms with Crippen molar-refractivity contribution in [3.8, 4) is 68.5 Å². The van der Waals surface area contributed by atoms with Gasteiger partial charge in [0.05, 0.1) is 83.3 Å². The van der Waals surface area contributed by atoms with E-state index in [1.165, 1.54) is 0 Å². The van der Waals surface area contributed by atoms with Gasteiger partial charge < -0.3 is 19.4 Å². The third kappa shape index (κ3) is 8.39. The number of rotatable bonds is 4. The summed E-state index contributed by atoms with van der Waals surface area (Å²) in [5, 5.41) is 1.54. The largest absolute Gasteiger partial charge is 0.454 e. The highest BCUT2D eigenvalue weighted by Crippen LogP contribution is 2.56. The maximum Gasteiger partial charge on any atom is 0.166 e. The molecular weight excluding hydrogens is 1190 g/mol. The molecule has 0 fully saturated rings. The van der Waals surface area contributed by atoms with Crippen LogP contribution >= 0.6 is 139 Å². The summed E-state index contributed by atoms with van der Waals surface area (Å²) in [7, 11) is 0. The van der Waals surface area contributed by atoms with E-state index < -0.39 is 0 Å². The number of ether oxygens (including phenoxy) is 2. The second kappa shape index (κ2) is 18.7. The fourth-order valence-electron chi connectivity index (χ4n) is 8.88. The molecule has 374 valence electrons. The highest BCUT2D eigenvalue weighted by molar-refractivity contribution is 6.55. The minimum Gasteiger partial charge on any atom is -0.454 e. The summed E-state index contributed by atoms with van der Waals surface area (Å²) in [5.74, 6) is 1.03. The van der Waals surface area contributed by atoms with E-state index in [1.54, 1.807) is 12.1 Å². The van der Waals surface area contributed by atoms with Crippen LogP contribution in [0.15, 0.2) is 60.7 Å². The molecule has 0 saturated heterocycles. The standard InChI is InChI=1S/C52H30Cl12N8O2/c1-51(2,3)19-11-7-9-13-23(19)73-41-35(59)29-27(33(57)39(41)63)46-67-44-18-16-22(54)21(53)15-17(18)43(65-44)66-45-25-26(32(56)38(62)37(61)31(25)55)47(68-45)70-48-28-30(50(71-48)72-49(29)69-46)36(60)42(40(64)34(28)58)74-24-14-10-8-12-20(24)52(4,5)6/h7-16H,1-6H3,(H2,65,66,67,68,69,70,71,72). The Balaban J connectivity index is 1.32. The monoisotopic (exact) mass is 1220 g/mol.